The number of carbonyl (C=O) groups excluding carboxylic acids is 2. The molecule has 0 saturated heterocycles. The lowest BCUT2D eigenvalue weighted by Crippen LogP contribution is -2.50. The van der Waals surface area contributed by atoms with Gasteiger partial charge in [-0.2, -0.15) is 0 Å². The molecule has 2 amide bonds. The second-order valence-corrected chi connectivity index (χ2v) is 8.52. The summed E-state index contributed by atoms with van der Waals surface area (Å²) in [6, 6.07) is 15.6. The summed E-state index contributed by atoms with van der Waals surface area (Å²) < 4.78 is 5.78. The quantitative estimate of drug-likeness (QED) is 0.464. The summed E-state index contributed by atoms with van der Waals surface area (Å²) in [5, 5.41) is 3.05. The summed E-state index contributed by atoms with van der Waals surface area (Å²) >= 11 is 0. The Morgan fingerprint density at radius 2 is 1.72 bits per heavy atom. The fourth-order valence-corrected chi connectivity index (χ4v) is 3.56. The second kappa shape index (κ2) is 12.9. The van der Waals surface area contributed by atoms with Crippen molar-refractivity contribution in [1.82, 2.24) is 10.2 Å². The summed E-state index contributed by atoms with van der Waals surface area (Å²) in [6.45, 7) is 10.9. The predicted octanol–water partition coefficient (Wildman–Crippen LogP) is 5.18. The minimum absolute atomic E-state index is 0.0230. The van der Waals surface area contributed by atoms with Crippen LogP contribution in [0.4, 0.5) is 0 Å². The minimum Gasteiger partial charge on any atom is -0.494 e. The first kappa shape index (κ1) is 25.4. The Kier molecular flexibility index (Phi) is 10.3. The molecule has 32 heavy (non-hydrogen) atoms. The Hall–Kier alpha value is -2.82. The third-order valence-electron chi connectivity index (χ3n) is 5.65. The first-order valence-corrected chi connectivity index (χ1v) is 11.7. The number of carbonyl (C=O) groups is 2. The zero-order valence-corrected chi connectivity index (χ0v) is 20.2. The lowest BCUT2D eigenvalue weighted by molar-refractivity contribution is -0.141. The fraction of sp³-hybridized carbons (Fsp3) is 0.481. The van der Waals surface area contributed by atoms with E-state index < -0.39 is 6.04 Å². The molecule has 0 unspecified atom stereocenters. The van der Waals surface area contributed by atoms with Crippen LogP contribution in [-0.4, -0.2) is 35.4 Å². The number of hydrogen-bond acceptors (Lipinski definition) is 3. The molecule has 2 rings (SSSR count). The lowest BCUT2D eigenvalue weighted by atomic mass is 10.1. The van der Waals surface area contributed by atoms with Gasteiger partial charge < -0.3 is 15.0 Å². The fourth-order valence-electron chi connectivity index (χ4n) is 3.56. The summed E-state index contributed by atoms with van der Waals surface area (Å²) in [4.78, 5) is 27.9. The van der Waals surface area contributed by atoms with Gasteiger partial charge >= 0.3 is 0 Å². The average Bonchev–Trinajstić information content (AvgIpc) is 2.77. The Morgan fingerprint density at radius 1 is 1.00 bits per heavy atom. The van der Waals surface area contributed by atoms with Crippen molar-refractivity contribution < 1.29 is 14.3 Å². The smallest absolute Gasteiger partial charge is 0.243 e. The molecule has 5 nitrogen and oxygen atoms in total. The maximum atomic E-state index is 13.2. The average molecular weight is 439 g/mol. The van der Waals surface area contributed by atoms with E-state index in [1.54, 1.807) is 4.90 Å². The standard InChI is InChI=1S/C27H38N2O3/c1-6-22(5)28-27(31)25(7-2)29(19-23-11-8-10-21(4)18-23)26(30)12-9-17-32-24-15-13-20(3)14-16-24/h8,10-11,13-16,18,22,25H,6-7,9,12,17,19H2,1-5H3,(H,28,31)/t22-,25+/m1/s1. The van der Waals surface area contributed by atoms with E-state index >= 15 is 0 Å². The van der Waals surface area contributed by atoms with E-state index in [2.05, 4.69) is 11.4 Å². The molecule has 2 atom stereocenters. The molecule has 0 aliphatic heterocycles. The van der Waals surface area contributed by atoms with Crippen molar-refractivity contribution >= 4 is 11.8 Å². The van der Waals surface area contributed by atoms with Gasteiger partial charge in [0.25, 0.3) is 0 Å². The molecule has 0 heterocycles. The number of ether oxygens (including phenoxy) is 1. The van der Waals surface area contributed by atoms with Gasteiger partial charge in [-0.05, 0) is 57.7 Å². The van der Waals surface area contributed by atoms with Gasteiger partial charge in [-0.25, -0.2) is 0 Å². The molecule has 0 fully saturated rings. The maximum absolute atomic E-state index is 13.2. The van der Waals surface area contributed by atoms with Crippen LogP contribution in [0.15, 0.2) is 48.5 Å². The zero-order chi connectivity index (χ0) is 23.5. The van der Waals surface area contributed by atoms with E-state index in [0.29, 0.717) is 32.4 Å². The van der Waals surface area contributed by atoms with E-state index in [1.165, 1.54) is 5.56 Å². The number of nitrogens with one attached hydrogen (secondary N) is 1. The van der Waals surface area contributed by atoms with Crippen LogP contribution in [0.5, 0.6) is 5.75 Å². The Bertz CT molecular complexity index is 863. The van der Waals surface area contributed by atoms with Gasteiger partial charge in [-0.3, -0.25) is 9.59 Å². The topological polar surface area (TPSA) is 58.6 Å². The van der Waals surface area contributed by atoms with Crippen molar-refractivity contribution in [3.05, 3.63) is 65.2 Å². The van der Waals surface area contributed by atoms with Crippen LogP contribution in [0.2, 0.25) is 0 Å². The van der Waals surface area contributed by atoms with Crippen molar-refractivity contribution in [2.45, 2.75) is 78.9 Å². The molecule has 0 saturated carbocycles. The van der Waals surface area contributed by atoms with Crippen molar-refractivity contribution in [2.24, 2.45) is 0 Å². The van der Waals surface area contributed by atoms with E-state index in [0.717, 1.165) is 23.3 Å². The highest BCUT2D eigenvalue weighted by Crippen LogP contribution is 2.17. The predicted molar refractivity (Wildman–Crippen MR) is 130 cm³/mol. The van der Waals surface area contributed by atoms with Crippen molar-refractivity contribution in [1.29, 1.82) is 0 Å². The lowest BCUT2D eigenvalue weighted by Gasteiger charge is -2.31. The number of rotatable bonds is 12. The Labute approximate surface area is 193 Å². The van der Waals surface area contributed by atoms with E-state index in [4.69, 9.17) is 4.74 Å². The molecule has 0 aliphatic rings. The van der Waals surface area contributed by atoms with Crippen LogP contribution in [0.25, 0.3) is 0 Å². The van der Waals surface area contributed by atoms with Crippen LogP contribution in [0.1, 0.15) is 63.1 Å². The molecule has 0 aromatic heterocycles. The first-order valence-electron chi connectivity index (χ1n) is 11.7. The van der Waals surface area contributed by atoms with Gasteiger partial charge in [0.1, 0.15) is 11.8 Å². The molecule has 0 spiro atoms. The molecule has 174 valence electrons. The highest BCUT2D eigenvalue weighted by Gasteiger charge is 2.28. The molecule has 2 aromatic rings. The van der Waals surface area contributed by atoms with Gasteiger partial charge in [-0.1, -0.05) is 61.4 Å². The minimum atomic E-state index is -0.491. The van der Waals surface area contributed by atoms with Crippen molar-refractivity contribution in [3.8, 4) is 5.75 Å². The van der Waals surface area contributed by atoms with Crippen LogP contribution in [0, 0.1) is 13.8 Å². The highest BCUT2D eigenvalue weighted by molar-refractivity contribution is 5.87. The summed E-state index contributed by atoms with van der Waals surface area (Å²) in [5.74, 6) is 0.697. The first-order chi connectivity index (χ1) is 15.3. The number of hydrogen-bond donors (Lipinski definition) is 1. The third kappa shape index (κ3) is 8.03. The second-order valence-electron chi connectivity index (χ2n) is 8.52. The Morgan fingerprint density at radius 3 is 2.34 bits per heavy atom. The number of nitrogens with zero attached hydrogens (tertiary/aromatic N) is 1. The van der Waals surface area contributed by atoms with Crippen molar-refractivity contribution in [2.75, 3.05) is 6.61 Å². The summed E-state index contributed by atoms with van der Waals surface area (Å²) in [5.41, 5.74) is 3.35. The molecule has 0 aliphatic carbocycles. The van der Waals surface area contributed by atoms with E-state index in [-0.39, 0.29) is 17.9 Å². The van der Waals surface area contributed by atoms with Crippen LogP contribution >= 0.6 is 0 Å². The van der Waals surface area contributed by atoms with Crippen LogP contribution in [0.3, 0.4) is 0 Å². The monoisotopic (exact) mass is 438 g/mol. The molecule has 2 aromatic carbocycles. The van der Waals surface area contributed by atoms with Gasteiger partial charge in [0.15, 0.2) is 0 Å². The van der Waals surface area contributed by atoms with Gasteiger partial charge in [0.05, 0.1) is 6.61 Å². The van der Waals surface area contributed by atoms with Crippen LogP contribution < -0.4 is 10.1 Å². The molecular formula is C27H38N2O3. The van der Waals surface area contributed by atoms with E-state index in [1.807, 2.05) is 77.1 Å². The molecular weight excluding hydrogens is 400 g/mol. The molecule has 1 N–H and O–H groups in total. The molecule has 0 radical (unpaired) electrons. The van der Waals surface area contributed by atoms with Crippen LogP contribution in [-0.2, 0) is 16.1 Å². The van der Waals surface area contributed by atoms with Gasteiger partial charge in [-0.15, -0.1) is 0 Å². The molecule has 0 bridgehead atoms. The van der Waals surface area contributed by atoms with Gasteiger partial charge in [0.2, 0.25) is 11.8 Å². The van der Waals surface area contributed by atoms with Crippen molar-refractivity contribution in [3.63, 3.8) is 0 Å². The number of benzene rings is 2. The largest absolute Gasteiger partial charge is 0.494 e. The Balaban J connectivity index is 2.06. The summed E-state index contributed by atoms with van der Waals surface area (Å²) in [7, 11) is 0. The summed E-state index contributed by atoms with van der Waals surface area (Å²) in [6.07, 6.45) is 2.36. The number of amides is 2. The third-order valence-corrected chi connectivity index (χ3v) is 5.65. The van der Waals surface area contributed by atoms with Gasteiger partial charge in [0, 0.05) is 19.0 Å². The normalized spacial score (nSPS) is 12.7. The molecule has 5 heteroatoms. The van der Waals surface area contributed by atoms with E-state index in [9.17, 15) is 9.59 Å². The highest BCUT2D eigenvalue weighted by atomic mass is 16.5. The number of aryl methyl sites for hydroxylation is 2. The zero-order valence-electron chi connectivity index (χ0n) is 20.2. The SMILES string of the molecule is CC[C@@H](C)NC(=O)[C@H](CC)N(Cc1cccc(C)c1)C(=O)CCCOc1ccc(C)cc1. The maximum Gasteiger partial charge on any atom is 0.243 e.